The fourth-order valence-electron chi connectivity index (χ4n) is 2.47. The third-order valence-electron chi connectivity index (χ3n) is 3.52. The number of fused-ring (bicyclic) bond motifs is 2. The van der Waals surface area contributed by atoms with Crippen LogP contribution in [0.2, 0.25) is 0 Å². The summed E-state index contributed by atoms with van der Waals surface area (Å²) in [5.74, 6) is -0.151. The predicted molar refractivity (Wildman–Crippen MR) is 68.8 cm³/mol. The summed E-state index contributed by atoms with van der Waals surface area (Å²) in [7, 11) is -1.84. The summed E-state index contributed by atoms with van der Waals surface area (Å²) in [6.07, 6.45) is -1.48. The number of aliphatic hydroxyl groups is 1. The SMILES string of the molecule is C[P+](=O)OC[C@@]12CO[C@@H]([C@H](n3cnc(N)nc3=O)O1)[C@@H]2O. The minimum absolute atomic E-state index is 0.0864. The fourth-order valence-corrected chi connectivity index (χ4v) is 2.87. The van der Waals surface area contributed by atoms with Crippen LogP contribution in [-0.4, -0.2) is 57.3 Å². The summed E-state index contributed by atoms with van der Waals surface area (Å²) in [4.78, 5) is 19.0. The highest BCUT2D eigenvalue weighted by atomic mass is 31.1. The van der Waals surface area contributed by atoms with Crippen molar-refractivity contribution in [1.82, 2.24) is 14.5 Å². The van der Waals surface area contributed by atoms with Gasteiger partial charge in [-0.2, -0.15) is 4.98 Å². The molecule has 2 aliphatic heterocycles. The average molecular weight is 317 g/mol. The summed E-state index contributed by atoms with van der Waals surface area (Å²) in [6, 6.07) is 0. The Kier molecular flexibility index (Phi) is 3.50. The zero-order valence-corrected chi connectivity index (χ0v) is 12.0. The number of aliphatic hydroxyl groups excluding tert-OH is 1. The highest BCUT2D eigenvalue weighted by Gasteiger charge is 2.63. The molecule has 2 aliphatic rings. The topological polar surface area (TPSA) is 139 Å². The van der Waals surface area contributed by atoms with E-state index in [1.807, 2.05) is 0 Å². The highest BCUT2D eigenvalue weighted by molar-refractivity contribution is 7.38. The fraction of sp³-hybridized carbons (Fsp3) is 0.700. The molecule has 0 aliphatic carbocycles. The second kappa shape index (κ2) is 5.08. The normalized spacial score (nSPS) is 35.1. The number of rotatable bonds is 4. The second-order valence-corrected chi connectivity index (χ2v) is 6.05. The zero-order chi connectivity index (χ0) is 15.2. The third-order valence-corrected chi connectivity index (χ3v) is 4.01. The van der Waals surface area contributed by atoms with Gasteiger partial charge in [-0.1, -0.05) is 0 Å². The van der Waals surface area contributed by atoms with Crippen LogP contribution in [0.25, 0.3) is 0 Å². The van der Waals surface area contributed by atoms with E-state index in [1.165, 1.54) is 13.0 Å². The van der Waals surface area contributed by atoms with Gasteiger partial charge >= 0.3 is 13.7 Å². The van der Waals surface area contributed by atoms with E-state index in [2.05, 4.69) is 9.97 Å². The highest BCUT2D eigenvalue weighted by Crippen LogP contribution is 2.45. The van der Waals surface area contributed by atoms with E-state index in [9.17, 15) is 14.5 Å². The van der Waals surface area contributed by atoms with E-state index in [-0.39, 0.29) is 19.2 Å². The predicted octanol–water partition coefficient (Wildman–Crippen LogP) is -1.36. The van der Waals surface area contributed by atoms with Crippen molar-refractivity contribution in [3.8, 4) is 0 Å². The number of nitrogen functional groups attached to an aromatic ring is 1. The van der Waals surface area contributed by atoms with E-state index < -0.39 is 37.8 Å². The molecular weight excluding hydrogens is 303 g/mol. The smallest absolute Gasteiger partial charge is 0.387 e. The van der Waals surface area contributed by atoms with Crippen LogP contribution in [0.4, 0.5) is 5.95 Å². The standard InChI is InChI=1S/C10H13N4O6P/c1-21(17)19-3-10-2-18-5(6(10)15)7(20-10)14-4-12-8(11)13-9(14)16/h4-7,15H,2-3H2,1H3,(H-,11,13,16)/p+1/t5-,6+,7-,10-/m1/s1. The van der Waals surface area contributed by atoms with E-state index in [1.54, 1.807) is 0 Å². The Morgan fingerprint density at radius 3 is 3.14 bits per heavy atom. The maximum absolute atomic E-state index is 11.8. The molecule has 0 radical (unpaired) electrons. The van der Waals surface area contributed by atoms with Crippen LogP contribution in [0.15, 0.2) is 11.1 Å². The van der Waals surface area contributed by atoms with Crippen LogP contribution in [-0.2, 0) is 18.6 Å². The van der Waals surface area contributed by atoms with Gasteiger partial charge in [-0.25, -0.2) is 9.78 Å². The molecule has 0 amide bonds. The molecule has 5 atom stereocenters. The largest absolute Gasteiger partial charge is 0.504 e. The summed E-state index contributed by atoms with van der Waals surface area (Å²) < 4.78 is 28.4. The van der Waals surface area contributed by atoms with Crippen LogP contribution < -0.4 is 11.4 Å². The molecule has 10 nitrogen and oxygen atoms in total. The Hall–Kier alpha value is -1.45. The minimum Gasteiger partial charge on any atom is -0.387 e. The van der Waals surface area contributed by atoms with Crippen molar-refractivity contribution in [3.63, 3.8) is 0 Å². The zero-order valence-electron chi connectivity index (χ0n) is 11.1. The van der Waals surface area contributed by atoms with Gasteiger partial charge in [0.1, 0.15) is 25.1 Å². The number of aromatic nitrogens is 3. The molecule has 3 rings (SSSR count). The van der Waals surface area contributed by atoms with Crippen LogP contribution in [0.1, 0.15) is 6.23 Å². The van der Waals surface area contributed by atoms with E-state index >= 15 is 0 Å². The second-order valence-electron chi connectivity index (χ2n) is 4.91. The number of anilines is 1. The first-order chi connectivity index (χ1) is 9.93. The lowest BCUT2D eigenvalue weighted by molar-refractivity contribution is -0.184. The summed E-state index contributed by atoms with van der Waals surface area (Å²) in [5.41, 5.74) is 3.51. The number of ether oxygens (including phenoxy) is 2. The lowest BCUT2D eigenvalue weighted by atomic mass is 10.0. The van der Waals surface area contributed by atoms with Gasteiger partial charge in [-0.3, -0.25) is 4.57 Å². The first-order valence-corrected chi connectivity index (χ1v) is 7.77. The molecule has 1 unspecified atom stereocenters. The maximum Gasteiger partial charge on any atom is 0.504 e. The molecule has 0 spiro atoms. The molecule has 0 aromatic carbocycles. The lowest BCUT2D eigenvalue weighted by Crippen LogP contribution is -2.45. The van der Waals surface area contributed by atoms with Crippen LogP contribution in [0, 0.1) is 0 Å². The average Bonchev–Trinajstić information content (AvgIpc) is 2.87. The number of nitrogens with zero attached hydrogens (tertiary/aromatic N) is 3. The van der Waals surface area contributed by atoms with E-state index in [0.29, 0.717) is 0 Å². The van der Waals surface area contributed by atoms with Crippen molar-refractivity contribution in [2.45, 2.75) is 24.0 Å². The van der Waals surface area contributed by atoms with Gasteiger partial charge in [-0.15, -0.1) is 4.52 Å². The van der Waals surface area contributed by atoms with E-state index in [4.69, 9.17) is 19.7 Å². The minimum atomic E-state index is -1.84. The van der Waals surface area contributed by atoms with Gasteiger partial charge in [0, 0.05) is 0 Å². The molecule has 3 N–H and O–H groups in total. The number of nitrogens with two attached hydrogens (primary N) is 1. The molecule has 2 bridgehead atoms. The first-order valence-electron chi connectivity index (χ1n) is 6.15. The summed E-state index contributed by atoms with van der Waals surface area (Å²) in [5, 5.41) is 10.3. The van der Waals surface area contributed by atoms with Crippen LogP contribution >= 0.6 is 8.03 Å². The Labute approximate surface area is 119 Å². The van der Waals surface area contributed by atoms with Crippen molar-refractivity contribution in [2.24, 2.45) is 0 Å². The molecule has 3 heterocycles. The Bertz CT molecular complexity index is 638. The van der Waals surface area contributed by atoms with Gasteiger partial charge in [0.15, 0.2) is 18.5 Å². The summed E-state index contributed by atoms with van der Waals surface area (Å²) >= 11 is 0. The molecular formula is C10H14N4O6P+. The lowest BCUT2D eigenvalue weighted by Gasteiger charge is -2.29. The molecule has 2 saturated heterocycles. The summed E-state index contributed by atoms with van der Waals surface area (Å²) in [6.45, 7) is 1.39. The molecule has 1 aromatic rings. The van der Waals surface area contributed by atoms with Gasteiger partial charge < -0.3 is 20.3 Å². The van der Waals surface area contributed by atoms with Gasteiger partial charge in [0.05, 0.1) is 6.61 Å². The van der Waals surface area contributed by atoms with E-state index in [0.717, 1.165) is 4.57 Å². The van der Waals surface area contributed by atoms with Crippen LogP contribution in [0.5, 0.6) is 0 Å². The number of hydrogen-bond donors (Lipinski definition) is 2. The molecule has 0 saturated carbocycles. The van der Waals surface area contributed by atoms with Crippen LogP contribution in [0.3, 0.4) is 0 Å². The van der Waals surface area contributed by atoms with Crippen molar-refractivity contribution >= 4 is 14.0 Å². The molecule has 114 valence electrons. The molecule has 1 aromatic heterocycles. The van der Waals surface area contributed by atoms with Gasteiger partial charge in [0.2, 0.25) is 5.95 Å². The third kappa shape index (κ3) is 2.34. The van der Waals surface area contributed by atoms with Crippen molar-refractivity contribution in [2.75, 3.05) is 25.6 Å². The molecule has 2 fully saturated rings. The first kappa shape index (κ1) is 14.5. The van der Waals surface area contributed by atoms with Gasteiger partial charge in [0.25, 0.3) is 0 Å². The molecule has 11 heteroatoms. The van der Waals surface area contributed by atoms with Crippen molar-refractivity contribution in [3.05, 3.63) is 16.8 Å². The van der Waals surface area contributed by atoms with Gasteiger partial charge in [-0.05, 0) is 4.57 Å². The quantitative estimate of drug-likeness (QED) is 0.644. The van der Waals surface area contributed by atoms with Crippen molar-refractivity contribution in [1.29, 1.82) is 0 Å². The Morgan fingerprint density at radius 2 is 2.48 bits per heavy atom. The Balaban J connectivity index is 1.87. The maximum atomic E-state index is 11.8. The monoisotopic (exact) mass is 317 g/mol. The number of hydrogen-bond acceptors (Lipinski definition) is 9. The Morgan fingerprint density at radius 1 is 1.71 bits per heavy atom. The molecule has 21 heavy (non-hydrogen) atoms. The van der Waals surface area contributed by atoms with Crippen molar-refractivity contribution < 1.29 is 23.7 Å².